The number of ether oxygens (including phenoxy) is 1. The van der Waals surface area contributed by atoms with E-state index in [0.29, 0.717) is 10.7 Å². The van der Waals surface area contributed by atoms with E-state index in [4.69, 9.17) is 21.4 Å². The van der Waals surface area contributed by atoms with Crippen LogP contribution in [0.2, 0.25) is 5.02 Å². The number of aliphatic carboxylic acids is 1. The van der Waals surface area contributed by atoms with Crippen LogP contribution in [0.4, 0.5) is 22.0 Å². The maximum Gasteiger partial charge on any atom is 0.418 e. The summed E-state index contributed by atoms with van der Waals surface area (Å²) < 4.78 is 75.2. The first-order valence-electron chi connectivity index (χ1n) is 8.92. The zero-order chi connectivity index (χ0) is 22.8. The molecule has 31 heavy (non-hydrogen) atoms. The minimum atomic E-state index is -4.69. The lowest BCUT2D eigenvalue weighted by Gasteiger charge is -2.15. The van der Waals surface area contributed by atoms with Gasteiger partial charge in [-0.25, -0.2) is 4.39 Å². The number of hydrogen-bond donors (Lipinski definition) is 1. The lowest BCUT2D eigenvalue weighted by Crippen LogP contribution is -2.13. The first-order valence-corrected chi connectivity index (χ1v) is 9.30. The Morgan fingerprint density at radius 3 is 2.32 bits per heavy atom. The van der Waals surface area contributed by atoms with Gasteiger partial charge in [0.05, 0.1) is 11.3 Å². The van der Waals surface area contributed by atoms with Gasteiger partial charge in [0.15, 0.2) is 11.6 Å². The van der Waals surface area contributed by atoms with Crippen molar-refractivity contribution in [3.05, 3.63) is 82.1 Å². The highest BCUT2D eigenvalue weighted by Crippen LogP contribution is 2.35. The van der Waals surface area contributed by atoms with Gasteiger partial charge in [-0.15, -0.1) is 0 Å². The lowest BCUT2D eigenvalue weighted by atomic mass is 10.1. The van der Waals surface area contributed by atoms with E-state index in [1.807, 2.05) is 0 Å². The van der Waals surface area contributed by atoms with Gasteiger partial charge in [-0.1, -0.05) is 17.7 Å². The number of carboxylic acid groups (broad SMARTS) is 1. The highest BCUT2D eigenvalue weighted by Gasteiger charge is 2.35. The Morgan fingerprint density at radius 1 is 1.03 bits per heavy atom. The molecule has 3 rings (SSSR count). The molecule has 2 aromatic carbocycles. The predicted octanol–water partition coefficient (Wildman–Crippen LogP) is 6.02. The molecule has 0 aliphatic carbocycles. The second-order valence-electron chi connectivity index (χ2n) is 6.55. The maximum atomic E-state index is 14.3. The Morgan fingerprint density at radius 2 is 1.71 bits per heavy atom. The highest BCUT2D eigenvalue weighted by atomic mass is 35.5. The van der Waals surface area contributed by atoms with Gasteiger partial charge in [0.1, 0.15) is 6.61 Å². The summed E-state index contributed by atoms with van der Waals surface area (Å²) in [6, 6.07) is 9.06. The normalized spacial score (nSPS) is 11.5. The van der Waals surface area contributed by atoms with Crippen molar-refractivity contribution in [2.75, 3.05) is 0 Å². The SMILES string of the molecule is O=C(O)CCc1ccc(OCc2c(C(F)(F)F)ccn2-c2ccc(Cl)cc2)c(F)c1F. The van der Waals surface area contributed by atoms with Gasteiger partial charge in [0.2, 0.25) is 5.82 Å². The van der Waals surface area contributed by atoms with E-state index in [1.165, 1.54) is 35.0 Å². The van der Waals surface area contributed by atoms with Gasteiger partial charge in [-0.05, 0) is 48.4 Å². The van der Waals surface area contributed by atoms with E-state index >= 15 is 0 Å². The van der Waals surface area contributed by atoms with E-state index in [9.17, 15) is 26.7 Å². The molecule has 1 aromatic heterocycles. The van der Waals surface area contributed by atoms with Crippen molar-refractivity contribution in [1.29, 1.82) is 0 Å². The molecule has 0 spiro atoms. The molecule has 0 fully saturated rings. The monoisotopic (exact) mass is 459 g/mol. The van der Waals surface area contributed by atoms with E-state index in [-0.39, 0.29) is 17.7 Å². The summed E-state index contributed by atoms with van der Waals surface area (Å²) >= 11 is 5.82. The molecule has 164 valence electrons. The zero-order valence-corrected chi connectivity index (χ0v) is 16.5. The molecular formula is C21H15ClF5NO3. The number of carbonyl (C=O) groups is 1. The van der Waals surface area contributed by atoms with Crippen LogP contribution in [0, 0.1) is 11.6 Å². The van der Waals surface area contributed by atoms with Crippen molar-refractivity contribution >= 4 is 17.6 Å². The van der Waals surface area contributed by atoms with Gasteiger partial charge < -0.3 is 14.4 Å². The molecule has 0 saturated heterocycles. The molecule has 0 bridgehead atoms. The van der Waals surface area contributed by atoms with Crippen LogP contribution in [0.3, 0.4) is 0 Å². The van der Waals surface area contributed by atoms with Crippen LogP contribution in [0.5, 0.6) is 5.75 Å². The summed E-state index contributed by atoms with van der Waals surface area (Å²) in [5.41, 5.74) is -1.10. The fourth-order valence-corrected chi connectivity index (χ4v) is 3.10. The van der Waals surface area contributed by atoms with Crippen LogP contribution in [0.25, 0.3) is 5.69 Å². The van der Waals surface area contributed by atoms with Crippen molar-refractivity contribution in [2.24, 2.45) is 0 Å². The maximum absolute atomic E-state index is 14.3. The number of halogens is 6. The molecule has 0 atom stereocenters. The van der Waals surface area contributed by atoms with Crippen LogP contribution < -0.4 is 4.74 Å². The van der Waals surface area contributed by atoms with Crippen LogP contribution >= 0.6 is 11.6 Å². The van der Waals surface area contributed by atoms with Crippen molar-refractivity contribution in [1.82, 2.24) is 4.57 Å². The Labute approximate surface area is 178 Å². The minimum absolute atomic E-state index is 0.173. The van der Waals surface area contributed by atoms with E-state index < -0.39 is 48.1 Å². The zero-order valence-electron chi connectivity index (χ0n) is 15.7. The molecule has 0 unspecified atom stereocenters. The second kappa shape index (κ2) is 8.97. The fraction of sp³-hybridized carbons (Fsp3) is 0.190. The van der Waals surface area contributed by atoms with Crippen molar-refractivity contribution < 1.29 is 36.6 Å². The molecule has 0 radical (unpaired) electrons. The summed E-state index contributed by atoms with van der Waals surface area (Å²) in [6.07, 6.45) is -4.15. The standard InChI is InChI=1S/C21H15ClF5NO3/c22-13-3-5-14(6-4-13)28-10-9-15(21(25,26)27)16(28)11-31-17-7-1-12(2-8-18(29)30)19(23)20(17)24/h1,3-7,9-10H,2,8,11H2,(H,29,30). The Bertz CT molecular complexity index is 1090. The van der Waals surface area contributed by atoms with Crippen LogP contribution in [0.15, 0.2) is 48.7 Å². The first kappa shape index (κ1) is 22.6. The number of nitrogens with zero attached hydrogens (tertiary/aromatic N) is 1. The van der Waals surface area contributed by atoms with Gasteiger partial charge in [-0.3, -0.25) is 4.79 Å². The Balaban J connectivity index is 1.90. The Hall–Kier alpha value is -3.07. The molecule has 0 aliphatic rings. The lowest BCUT2D eigenvalue weighted by molar-refractivity contribution is -0.139. The number of carboxylic acids is 1. The summed E-state index contributed by atoms with van der Waals surface area (Å²) in [5, 5.41) is 9.06. The van der Waals surface area contributed by atoms with E-state index in [0.717, 1.165) is 18.2 Å². The first-order chi connectivity index (χ1) is 14.6. The molecule has 10 heteroatoms. The number of aryl methyl sites for hydroxylation is 1. The van der Waals surface area contributed by atoms with E-state index in [2.05, 4.69) is 0 Å². The largest absolute Gasteiger partial charge is 0.484 e. The summed E-state index contributed by atoms with van der Waals surface area (Å²) in [6.45, 7) is -0.699. The van der Waals surface area contributed by atoms with Gasteiger partial charge in [0, 0.05) is 23.3 Å². The molecular weight excluding hydrogens is 445 g/mol. The second-order valence-corrected chi connectivity index (χ2v) is 6.99. The minimum Gasteiger partial charge on any atom is -0.484 e. The predicted molar refractivity (Wildman–Crippen MR) is 102 cm³/mol. The van der Waals surface area contributed by atoms with Gasteiger partial charge >= 0.3 is 12.1 Å². The fourth-order valence-electron chi connectivity index (χ4n) is 2.98. The summed E-state index contributed by atoms with van der Waals surface area (Å²) in [7, 11) is 0. The third-order valence-corrected chi connectivity index (χ3v) is 4.75. The van der Waals surface area contributed by atoms with E-state index in [1.54, 1.807) is 0 Å². The van der Waals surface area contributed by atoms with Crippen LogP contribution in [-0.4, -0.2) is 15.6 Å². The number of aromatic nitrogens is 1. The van der Waals surface area contributed by atoms with Crippen molar-refractivity contribution in [3.63, 3.8) is 0 Å². The number of rotatable bonds is 7. The van der Waals surface area contributed by atoms with Gasteiger partial charge in [-0.2, -0.15) is 17.6 Å². The number of benzene rings is 2. The van der Waals surface area contributed by atoms with Crippen molar-refractivity contribution in [3.8, 4) is 11.4 Å². The average Bonchev–Trinajstić information content (AvgIpc) is 3.13. The smallest absolute Gasteiger partial charge is 0.418 e. The third-order valence-electron chi connectivity index (χ3n) is 4.50. The number of hydrogen-bond acceptors (Lipinski definition) is 2. The summed E-state index contributed by atoms with van der Waals surface area (Å²) in [5.74, 6) is -4.47. The molecule has 0 aliphatic heterocycles. The number of alkyl halides is 3. The highest BCUT2D eigenvalue weighted by molar-refractivity contribution is 6.30. The molecule has 3 aromatic rings. The third kappa shape index (κ3) is 5.16. The molecule has 4 nitrogen and oxygen atoms in total. The van der Waals surface area contributed by atoms with Crippen LogP contribution in [-0.2, 0) is 24.0 Å². The molecule has 0 amide bonds. The van der Waals surface area contributed by atoms with Crippen molar-refractivity contribution in [2.45, 2.75) is 25.6 Å². The molecule has 1 N–H and O–H groups in total. The quantitative estimate of drug-likeness (QED) is 0.439. The molecule has 0 saturated carbocycles. The topological polar surface area (TPSA) is 51.5 Å². The van der Waals surface area contributed by atoms with Gasteiger partial charge in [0.25, 0.3) is 0 Å². The van der Waals surface area contributed by atoms with Crippen LogP contribution in [0.1, 0.15) is 23.2 Å². The summed E-state index contributed by atoms with van der Waals surface area (Å²) in [4.78, 5) is 10.6. The average molecular weight is 460 g/mol. The Kier molecular flexibility index (Phi) is 6.54. The molecule has 1 heterocycles.